The van der Waals surface area contributed by atoms with Crippen molar-refractivity contribution in [1.82, 2.24) is 9.46 Å². The number of sulfonamides is 1. The van der Waals surface area contributed by atoms with Gasteiger partial charge in [-0.3, -0.25) is 4.79 Å². The smallest absolute Gasteiger partial charge is 0.248 e. The molecule has 0 bridgehead atoms. The lowest BCUT2D eigenvalue weighted by molar-refractivity contribution is -0.120. The van der Waals surface area contributed by atoms with Crippen LogP contribution < -0.4 is 10.1 Å². The van der Waals surface area contributed by atoms with Gasteiger partial charge < -0.3 is 14.6 Å². The first-order chi connectivity index (χ1) is 17.2. The van der Waals surface area contributed by atoms with Gasteiger partial charge in [0.15, 0.2) is 10.7 Å². The lowest BCUT2D eigenvalue weighted by Crippen LogP contribution is -2.43. The molecule has 8 nitrogen and oxygen atoms in total. The van der Waals surface area contributed by atoms with E-state index in [-0.39, 0.29) is 28.8 Å². The van der Waals surface area contributed by atoms with E-state index >= 15 is 0 Å². The maximum Gasteiger partial charge on any atom is 0.248 e. The van der Waals surface area contributed by atoms with E-state index in [0.717, 1.165) is 11.1 Å². The Morgan fingerprint density at radius 2 is 1.94 bits per heavy atom. The van der Waals surface area contributed by atoms with Gasteiger partial charge in [0, 0.05) is 18.1 Å². The van der Waals surface area contributed by atoms with Crippen LogP contribution in [0.25, 0.3) is 12.2 Å². The number of piperidine rings is 1. The van der Waals surface area contributed by atoms with Gasteiger partial charge in [-0.05, 0) is 56.5 Å². The van der Waals surface area contributed by atoms with E-state index in [1.807, 2.05) is 31.2 Å². The fraction of sp³-hybridized carbons (Fsp3) is 0.308. The third kappa shape index (κ3) is 5.64. The van der Waals surface area contributed by atoms with Crippen LogP contribution in [-0.2, 0) is 14.8 Å². The molecule has 1 N–H and O–H groups in total. The minimum atomic E-state index is -3.95. The molecule has 36 heavy (non-hydrogen) atoms. The zero-order valence-electron chi connectivity index (χ0n) is 20.3. The van der Waals surface area contributed by atoms with Crippen molar-refractivity contribution in [1.29, 1.82) is 0 Å². The molecule has 1 aromatic heterocycles. The number of methoxy groups -OCH3 is 1. The van der Waals surface area contributed by atoms with Crippen LogP contribution in [0, 0.1) is 19.8 Å². The molecule has 1 atom stereocenters. The second kappa shape index (κ2) is 10.9. The second-order valence-electron chi connectivity index (χ2n) is 8.74. The van der Waals surface area contributed by atoms with E-state index in [2.05, 4.69) is 10.5 Å². The number of nitrogens with one attached hydrogen (secondary N) is 1. The van der Waals surface area contributed by atoms with Crippen molar-refractivity contribution in [2.75, 3.05) is 25.5 Å². The molecule has 190 valence electrons. The largest absolute Gasteiger partial charge is 0.495 e. The summed E-state index contributed by atoms with van der Waals surface area (Å²) in [7, 11) is -2.45. The number of aryl methyl sites for hydroxylation is 2. The maximum atomic E-state index is 13.6. The Labute approximate surface area is 215 Å². The molecule has 0 radical (unpaired) electrons. The van der Waals surface area contributed by atoms with Gasteiger partial charge >= 0.3 is 0 Å². The van der Waals surface area contributed by atoms with E-state index in [4.69, 9.17) is 20.9 Å². The van der Waals surface area contributed by atoms with Crippen molar-refractivity contribution in [3.63, 3.8) is 0 Å². The molecular formula is C26H28ClN3O5S. The summed E-state index contributed by atoms with van der Waals surface area (Å²) in [5.74, 6) is -0.206. The Bertz CT molecular complexity index is 1380. The molecule has 10 heteroatoms. The molecule has 2 heterocycles. The number of amides is 1. The average molecular weight is 530 g/mol. The van der Waals surface area contributed by atoms with Crippen LogP contribution in [-0.4, -0.2) is 44.0 Å². The molecule has 1 amide bonds. The Hall–Kier alpha value is -3.14. The van der Waals surface area contributed by atoms with Gasteiger partial charge in [-0.2, -0.15) is 4.31 Å². The topological polar surface area (TPSA) is 102 Å². The van der Waals surface area contributed by atoms with Gasteiger partial charge in [0.1, 0.15) is 11.4 Å². The molecule has 4 rings (SSSR count). The number of ether oxygens (including phenoxy) is 1. The van der Waals surface area contributed by atoms with Gasteiger partial charge in [-0.15, -0.1) is 0 Å². The Morgan fingerprint density at radius 3 is 2.67 bits per heavy atom. The van der Waals surface area contributed by atoms with Gasteiger partial charge in [0.05, 0.1) is 18.7 Å². The molecule has 3 aromatic rings. The highest BCUT2D eigenvalue weighted by Gasteiger charge is 2.37. The highest BCUT2D eigenvalue weighted by molar-refractivity contribution is 7.89. The van der Waals surface area contributed by atoms with Gasteiger partial charge in [-0.25, -0.2) is 8.42 Å². The minimum Gasteiger partial charge on any atom is -0.495 e. The van der Waals surface area contributed by atoms with Crippen LogP contribution in [0.5, 0.6) is 5.75 Å². The molecule has 1 saturated heterocycles. The summed E-state index contributed by atoms with van der Waals surface area (Å²) >= 11 is 6.07. The summed E-state index contributed by atoms with van der Waals surface area (Å²) in [6.07, 6.45) is 4.49. The summed E-state index contributed by atoms with van der Waals surface area (Å²) in [5, 5.41) is 7.19. The monoisotopic (exact) mass is 529 g/mol. The third-order valence-corrected chi connectivity index (χ3v) is 8.37. The van der Waals surface area contributed by atoms with Crippen LogP contribution in [0.1, 0.15) is 35.4 Å². The quantitative estimate of drug-likeness (QED) is 0.453. The van der Waals surface area contributed by atoms with Crippen LogP contribution in [0.2, 0.25) is 5.02 Å². The summed E-state index contributed by atoms with van der Waals surface area (Å²) in [4.78, 5) is 13.1. The first-order valence-electron chi connectivity index (χ1n) is 11.5. The summed E-state index contributed by atoms with van der Waals surface area (Å²) in [5.41, 5.74) is 2.75. The van der Waals surface area contributed by atoms with E-state index in [1.54, 1.807) is 37.3 Å². The number of anilines is 1. The Kier molecular flexibility index (Phi) is 7.82. The van der Waals surface area contributed by atoms with Crippen molar-refractivity contribution in [3.05, 3.63) is 70.1 Å². The second-order valence-corrected chi connectivity index (χ2v) is 11.1. The highest BCUT2D eigenvalue weighted by atomic mass is 35.5. The van der Waals surface area contributed by atoms with Crippen LogP contribution in [0.15, 0.2) is 51.9 Å². The maximum absolute atomic E-state index is 13.6. The van der Waals surface area contributed by atoms with Crippen molar-refractivity contribution < 1.29 is 22.5 Å². The summed E-state index contributed by atoms with van der Waals surface area (Å²) < 4.78 is 39.3. The Morgan fingerprint density at radius 1 is 1.19 bits per heavy atom. The minimum absolute atomic E-state index is 0.0171. The molecule has 0 aliphatic carbocycles. The number of halogens is 1. The van der Waals surface area contributed by atoms with Crippen LogP contribution in [0.4, 0.5) is 5.69 Å². The fourth-order valence-electron chi connectivity index (χ4n) is 4.16. The lowest BCUT2D eigenvalue weighted by Gasteiger charge is -2.31. The third-order valence-electron chi connectivity index (χ3n) is 6.11. The summed E-state index contributed by atoms with van der Waals surface area (Å²) in [6, 6.07) is 12.7. The van der Waals surface area contributed by atoms with Crippen molar-refractivity contribution in [2.45, 2.75) is 31.6 Å². The molecule has 1 aliphatic rings. The molecule has 1 fully saturated rings. The number of rotatable bonds is 7. The SMILES string of the molecule is COc1ccc(Cl)cc1NC(=O)[C@H]1CCCN(S(=O)(=O)c2c(C)noc2/C=C/c2ccc(C)cc2)C1. The van der Waals surface area contributed by atoms with E-state index in [9.17, 15) is 13.2 Å². The standard InChI is InChI=1S/C26H28ClN3O5S/c1-17-6-8-19(9-7-17)10-12-24-25(18(2)29-35-24)36(32,33)30-14-4-5-20(16-30)26(31)28-22-15-21(27)11-13-23(22)34-3/h6-13,15,20H,4-5,14,16H2,1-3H3,(H,28,31)/b12-10+/t20-/m0/s1. The highest BCUT2D eigenvalue weighted by Crippen LogP contribution is 2.32. The number of hydrogen-bond donors (Lipinski definition) is 1. The lowest BCUT2D eigenvalue weighted by atomic mass is 9.98. The normalized spacial score (nSPS) is 16.8. The Balaban J connectivity index is 1.54. The van der Waals surface area contributed by atoms with Gasteiger partial charge in [0.25, 0.3) is 0 Å². The first-order valence-corrected chi connectivity index (χ1v) is 13.4. The van der Waals surface area contributed by atoms with Crippen molar-refractivity contribution in [2.24, 2.45) is 5.92 Å². The molecule has 0 unspecified atom stereocenters. The van der Waals surface area contributed by atoms with Crippen molar-refractivity contribution in [3.8, 4) is 5.75 Å². The zero-order valence-corrected chi connectivity index (χ0v) is 21.9. The number of benzene rings is 2. The molecule has 1 aliphatic heterocycles. The number of hydrogen-bond acceptors (Lipinski definition) is 6. The molecule has 0 saturated carbocycles. The van der Waals surface area contributed by atoms with Gasteiger partial charge in [0.2, 0.25) is 15.9 Å². The molecule has 2 aromatic carbocycles. The van der Waals surface area contributed by atoms with Crippen LogP contribution in [0.3, 0.4) is 0 Å². The van der Waals surface area contributed by atoms with E-state index < -0.39 is 15.9 Å². The predicted molar refractivity (Wildman–Crippen MR) is 139 cm³/mol. The number of carbonyl (C=O) groups excluding carboxylic acids is 1. The molecular weight excluding hydrogens is 502 g/mol. The van der Waals surface area contributed by atoms with Gasteiger partial charge in [-0.1, -0.05) is 52.7 Å². The van der Waals surface area contributed by atoms with Crippen LogP contribution >= 0.6 is 11.6 Å². The average Bonchev–Trinajstić information content (AvgIpc) is 3.25. The number of carbonyl (C=O) groups is 1. The van der Waals surface area contributed by atoms with Crippen molar-refractivity contribution >= 4 is 45.4 Å². The first kappa shape index (κ1) is 25.9. The number of nitrogens with zero attached hydrogens (tertiary/aromatic N) is 2. The molecule has 0 spiro atoms. The number of aromatic nitrogens is 1. The van der Waals surface area contributed by atoms with E-state index in [1.165, 1.54) is 11.4 Å². The summed E-state index contributed by atoms with van der Waals surface area (Å²) in [6.45, 7) is 3.94. The zero-order chi connectivity index (χ0) is 25.9. The fourth-order valence-corrected chi connectivity index (χ4v) is 6.11. The van der Waals surface area contributed by atoms with E-state index in [0.29, 0.717) is 35.8 Å². The predicted octanol–water partition coefficient (Wildman–Crippen LogP) is 5.16.